The fourth-order valence-corrected chi connectivity index (χ4v) is 1.56. The van der Waals surface area contributed by atoms with E-state index in [2.05, 4.69) is 5.32 Å². The SMILES string of the molecule is COc1ccccc1CNC(=O)C1(N)CC1. The minimum atomic E-state index is -0.609. The van der Waals surface area contributed by atoms with Gasteiger partial charge < -0.3 is 15.8 Å². The van der Waals surface area contributed by atoms with Gasteiger partial charge in [0.05, 0.1) is 12.6 Å². The molecule has 0 bridgehead atoms. The van der Waals surface area contributed by atoms with Crippen LogP contribution in [0.3, 0.4) is 0 Å². The lowest BCUT2D eigenvalue weighted by molar-refractivity contribution is -0.123. The summed E-state index contributed by atoms with van der Waals surface area (Å²) >= 11 is 0. The van der Waals surface area contributed by atoms with Crippen molar-refractivity contribution < 1.29 is 9.53 Å². The molecule has 16 heavy (non-hydrogen) atoms. The van der Waals surface area contributed by atoms with E-state index in [0.717, 1.165) is 24.2 Å². The van der Waals surface area contributed by atoms with E-state index in [1.54, 1.807) is 7.11 Å². The van der Waals surface area contributed by atoms with E-state index in [0.29, 0.717) is 6.54 Å². The Morgan fingerprint density at radius 3 is 2.81 bits per heavy atom. The Morgan fingerprint density at radius 1 is 1.50 bits per heavy atom. The number of ether oxygens (including phenoxy) is 1. The second kappa shape index (κ2) is 4.14. The lowest BCUT2D eigenvalue weighted by Gasteiger charge is -2.12. The number of methoxy groups -OCH3 is 1. The Labute approximate surface area is 94.8 Å². The molecule has 0 aromatic heterocycles. The van der Waals surface area contributed by atoms with Gasteiger partial charge in [0.25, 0.3) is 0 Å². The zero-order valence-corrected chi connectivity index (χ0v) is 9.32. The van der Waals surface area contributed by atoms with Gasteiger partial charge in [-0.1, -0.05) is 18.2 Å². The third kappa shape index (κ3) is 2.17. The maximum atomic E-state index is 11.6. The van der Waals surface area contributed by atoms with E-state index >= 15 is 0 Å². The fraction of sp³-hybridized carbons (Fsp3) is 0.417. The van der Waals surface area contributed by atoms with Crippen molar-refractivity contribution >= 4 is 5.91 Å². The second-order valence-corrected chi connectivity index (χ2v) is 4.15. The highest BCUT2D eigenvalue weighted by molar-refractivity contribution is 5.88. The maximum Gasteiger partial charge on any atom is 0.240 e. The van der Waals surface area contributed by atoms with E-state index in [-0.39, 0.29) is 5.91 Å². The van der Waals surface area contributed by atoms with Crippen LogP contribution in [0.5, 0.6) is 5.75 Å². The largest absolute Gasteiger partial charge is 0.496 e. The summed E-state index contributed by atoms with van der Waals surface area (Å²) in [5, 5.41) is 2.83. The van der Waals surface area contributed by atoms with Crippen LogP contribution >= 0.6 is 0 Å². The number of carbonyl (C=O) groups is 1. The molecule has 1 aliphatic rings. The number of benzene rings is 1. The first-order valence-electron chi connectivity index (χ1n) is 5.35. The highest BCUT2D eigenvalue weighted by Gasteiger charge is 2.45. The topological polar surface area (TPSA) is 64.3 Å². The van der Waals surface area contributed by atoms with Gasteiger partial charge in [0.15, 0.2) is 0 Å². The van der Waals surface area contributed by atoms with Gasteiger partial charge in [-0.05, 0) is 18.9 Å². The molecule has 0 aliphatic heterocycles. The van der Waals surface area contributed by atoms with Crippen molar-refractivity contribution in [2.24, 2.45) is 5.73 Å². The standard InChI is InChI=1S/C12H16N2O2/c1-16-10-5-3-2-4-9(10)8-14-11(15)12(13)6-7-12/h2-5H,6-8,13H2,1H3,(H,14,15). The Hall–Kier alpha value is -1.55. The molecule has 1 amide bonds. The van der Waals surface area contributed by atoms with Gasteiger partial charge in [-0.3, -0.25) is 4.79 Å². The molecule has 0 spiro atoms. The molecular weight excluding hydrogens is 204 g/mol. The zero-order chi connectivity index (χ0) is 11.6. The van der Waals surface area contributed by atoms with Crippen LogP contribution in [0.15, 0.2) is 24.3 Å². The van der Waals surface area contributed by atoms with Crippen molar-refractivity contribution in [2.75, 3.05) is 7.11 Å². The average Bonchev–Trinajstić information content (AvgIpc) is 3.06. The van der Waals surface area contributed by atoms with Crippen molar-refractivity contribution in [1.29, 1.82) is 0 Å². The molecule has 0 unspecified atom stereocenters. The Balaban J connectivity index is 1.96. The summed E-state index contributed by atoms with van der Waals surface area (Å²) in [6, 6.07) is 7.61. The molecule has 1 saturated carbocycles. The molecule has 1 aliphatic carbocycles. The third-order valence-electron chi connectivity index (χ3n) is 2.87. The van der Waals surface area contributed by atoms with Crippen LogP contribution in [0, 0.1) is 0 Å². The van der Waals surface area contributed by atoms with Crippen LogP contribution in [-0.4, -0.2) is 18.6 Å². The molecular formula is C12H16N2O2. The summed E-state index contributed by atoms with van der Waals surface area (Å²) in [7, 11) is 1.62. The van der Waals surface area contributed by atoms with E-state index in [4.69, 9.17) is 10.5 Å². The first-order chi connectivity index (χ1) is 7.65. The number of para-hydroxylation sites is 1. The molecule has 1 fully saturated rings. The molecule has 4 nitrogen and oxygen atoms in total. The molecule has 86 valence electrons. The Morgan fingerprint density at radius 2 is 2.19 bits per heavy atom. The molecule has 2 rings (SSSR count). The number of rotatable bonds is 4. The monoisotopic (exact) mass is 220 g/mol. The number of nitrogens with two attached hydrogens (primary N) is 1. The van der Waals surface area contributed by atoms with E-state index < -0.39 is 5.54 Å². The normalized spacial score (nSPS) is 16.6. The summed E-state index contributed by atoms with van der Waals surface area (Å²) < 4.78 is 5.20. The summed E-state index contributed by atoms with van der Waals surface area (Å²) in [6.07, 6.45) is 1.56. The summed E-state index contributed by atoms with van der Waals surface area (Å²) in [6.45, 7) is 0.460. The van der Waals surface area contributed by atoms with Crippen LogP contribution in [0.25, 0.3) is 0 Å². The highest BCUT2D eigenvalue weighted by Crippen LogP contribution is 2.32. The van der Waals surface area contributed by atoms with Crippen LogP contribution in [0.1, 0.15) is 18.4 Å². The lowest BCUT2D eigenvalue weighted by Crippen LogP contribution is -2.42. The van der Waals surface area contributed by atoms with Crippen molar-refractivity contribution in [2.45, 2.75) is 24.9 Å². The molecule has 1 aromatic carbocycles. The average molecular weight is 220 g/mol. The highest BCUT2D eigenvalue weighted by atomic mass is 16.5. The third-order valence-corrected chi connectivity index (χ3v) is 2.87. The first-order valence-corrected chi connectivity index (χ1v) is 5.35. The number of carbonyl (C=O) groups excluding carboxylic acids is 1. The molecule has 0 heterocycles. The van der Waals surface area contributed by atoms with Gasteiger partial charge in [0.2, 0.25) is 5.91 Å². The number of nitrogens with one attached hydrogen (secondary N) is 1. The smallest absolute Gasteiger partial charge is 0.240 e. The Kier molecular flexibility index (Phi) is 2.83. The van der Waals surface area contributed by atoms with Gasteiger partial charge >= 0.3 is 0 Å². The summed E-state index contributed by atoms with van der Waals surface area (Å²) in [5.41, 5.74) is 6.13. The minimum Gasteiger partial charge on any atom is -0.496 e. The van der Waals surface area contributed by atoms with Gasteiger partial charge in [-0.2, -0.15) is 0 Å². The number of amides is 1. The molecule has 4 heteroatoms. The molecule has 0 saturated heterocycles. The molecule has 0 radical (unpaired) electrons. The first kappa shape index (κ1) is 11.0. The van der Waals surface area contributed by atoms with Gasteiger partial charge in [-0.25, -0.2) is 0 Å². The van der Waals surface area contributed by atoms with Crippen molar-refractivity contribution in [3.63, 3.8) is 0 Å². The van der Waals surface area contributed by atoms with Crippen LogP contribution in [0.2, 0.25) is 0 Å². The van der Waals surface area contributed by atoms with Gasteiger partial charge in [-0.15, -0.1) is 0 Å². The lowest BCUT2D eigenvalue weighted by atomic mass is 10.2. The van der Waals surface area contributed by atoms with E-state index in [1.807, 2.05) is 24.3 Å². The molecule has 1 aromatic rings. The maximum absolute atomic E-state index is 11.6. The second-order valence-electron chi connectivity index (χ2n) is 4.15. The van der Waals surface area contributed by atoms with Gasteiger partial charge in [0.1, 0.15) is 5.75 Å². The number of hydrogen-bond acceptors (Lipinski definition) is 3. The predicted octanol–water partition coefficient (Wildman–Crippen LogP) is 0.803. The Bertz CT molecular complexity index is 400. The quantitative estimate of drug-likeness (QED) is 0.789. The summed E-state index contributed by atoms with van der Waals surface area (Å²) in [4.78, 5) is 11.6. The summed E-state index contributed by atoms with van der Waals surface area (Å²) in [5.74, 6) is 0.711. The van der Waals surface area contributed by atoms with Crippen molar-refractivity contribution in [3.05, 3.63) is 29.8 Å². The predicted molar refractivity (Wildman–Crippen MR) is 61.0 cm³/mol. The van der Waals surface area contributed by atoms with Crippen LogP contribution in [0.4, 0.5) is 0 Å². The fourth-order valence-electron chi connectivity index (χ4n) is 1.56. The molecule has 3 N–H and O–H groups in total. The van der Waals surface area contributed by atoms with Crippen LogP contribution < -0.4 is 15.8 Å². The van der Waals surface area contributed by atoms with Crippen molar-refractivity contribution in [1.82, 2.24) is 5.32 Å². The zero-order valence-electron chi connectivity index (χ0n) is 9.32. The van der Waals surface area contributed by atoms with E-state index in [9.17, 15) is 4.79 Å². The molecule has 0 atom stereocenters. The van der Waals surface area contributed by atoms with E-state index in [1.165, 1.54) is 0 Å². The minimum absolute atomic E-state index is 0.0709. The number of hydrogen-bond donors (Lipinski definition) is 2. The van der Waals surface area contributed by atoms with Gasteiger partial charge in [0, 0.05) is 12.1 Å². The van der Waals surface area contributed by atoms with Crippen molar-refractivity contribution in [3.8, 4) is 5.75 Å². The van der Waals surface area contributed by atoms with Crippen LogP contribution in [-0.2, 0) is 11.3 Å².